The fraction of sp³-hybridized carbons (Fsp3) is 0.375. The summed E-state index contributed by atoms with van der Waals surface area (Å²) in [6.45, 7) is 4.18. The van der Waals surface area contributed by atoms with Gasteiger partial charge in [-0.05, 0) is 72.3 Å². The molecule has 0 aromatic heterocycles. The maximum atomic E-state index is 12.4. The first-order valence-corrected chi connectivity index (χ1v) is 10.1. The van der Waals surface area contributed by atoms with E-state index in [1.807, 2.05) is 6.07 Å². The number of benzene rings is 2. The van der Waals surface area contributed by atoms with Crippen molar-refractivity contribution in [2.75, 3.05) is 11.9 Å². The summed E-state index contributed by atoms with van der Waals surface area (Å²) >= 11 is 0. The lowest BCUT2D eigenvalue weighted by molar-refractivity contribution is 0.0957. The van der Waals surface area contributed by atoms with Gasteiger partial charge < -0.3 is 10.6 Å². The molecule has 2 bridgehead atoms. The number of fused-ring (bicyclic) bond motifs is 7. The lowest BCUT2D eigenvalue weighted by atomic mass is 9.68. The highest BCUT2D eigenvalue weighted by Crippen LogP contribution is 2.63. The average molecular weight is 358 g/mol. The normalized spacial score (nSPS) is 30.1. The summed E-state index contributed by atoms with van der Waals surface area (Å²) < 4.78 is 0. The minimum atomic E-state index is -0.0115. The van der Waals surface area contributed by atoms with Gasteiger partial charge in [0.2, 0.25) is 0 Å². The minimum Gasteiger partial charge on any atom is -0.378 e. The number of hydrogen-bond donors (Lipinski definition) is 2. The molecule has 1 heterocycles. The Morgan fingerprint density at radius 1 is 1.15 bits per heavy atom. The van der Waals surface area contributed by atoms with Crippen LogP contribution in [0.5, 0.6) is 0 Å². The van der Waals surface area contributed by atoms with E-state index >= 15 is 0 Å². The predicted molar refractivity (Wildman–Crippen MR) is 109 cm³/mol. The number of carbonyl (C=O) groups excluding carboxylic acids is 1. The monoisotopic (exact) mass is 358 g/mol. The molecule has 138 valence electrons. The Morgan fingerprint density at radius 2 is 1.96 bits per heavy atom. The summed E-state index contributed by atoms with van der Waals surface area (Å²) in [4.78, 5) is 12.4. The van der Waals surface area contributed by atoms with Crippen LogP contribution in [-0.4, -0.2) is 12.5 Å². The summed E-state index contributed by atoms with van der Waals surface area (Å²) in [5, 5.41) is 6.74. The Labute approximate surface area is 160 Å². The van der Waals surface area contributed by atoms with Gasteiger partial charge in [-0.2, -0.15) is 0 Å². The molecule has 0 saturated heterocycles. The van der Waals surface area contributed by atoms with Gasteiger partial charge >= 0.3 is 0 Å². The van der Waals surface area contributed by atoms with Gasteiger partial charge in [0.25, 0.3) is 5.91 Å². The fourth-order valence-electron chi connectivity index (χ4n) is 5.88. The van der Waals surface area contributed by atoms with Crippen LogP contribution in [0.15, 0.2) is 61.2 Å². The molecule has 3 nitrogen and oxygen atoms in total. The second-order valence-corrected chi connectivity index (χ2v) is 8.27. The maximum Gasteiger partial charge on any atom is 0.251 e. The molecule has 1 amide bonds. The van der Waals surface area contributed by atoms with Crippen molar-refractivity contribution in [2.45, 2.75) is 31.2 Å². The highest BCUT2D eigenvalue weighted by atomic mass is 16.1. The summed E-state index contributed by atoms with van der Waals surface area (Å²) in [5.74, 6) is 2.74. The van der Waals surface area contributed by atoms with Gasteiger partial charge in [-0.1, -0.05) is 36.4 Å². The van der Waals surface area contributed by atoms with Crippen molar-refractivity contribution in [3.63, 3.8) is 0 Å². The zero-order valence-corrected chi connectivity index (χ0v) is 15.5. The summed E-state index contributed by atoms with van der Waals surface area (Å²) in [5.41, 5.74) is 4.71. The van der Waals surface area contributed by atoms with E-state index in [1.165, 1.54) is 36.1 Å². The van der Waals surface area contributed by atoms with Gasteiger partial charge in [-0.25, -0.2) is 0 Å². The Balaban J connectivity index is 1.54. The largest absolute Gasteiger partial charge is 0.378 e. The van der Waals surface area contributed by atoms with Crippen molar-refractivity contribution >= 4 is 11.6 Å². The lowest BCUT2D eigenvalue weighted by Crippen LogP contribution is -2.35. The van der Waals surface area contributed by atoms with Crippen molar-refractivity contribution < 1.29 is 4.79 Å². The van der Waals surface area contributed by atoms with E-state index in [2.05, 4.69) is 59.7 Å². The third kappa shape index (κ3) is 2.68. The molecule has 5 atom stereocenters. The van der Waals surface area contributed by atoms with Crippen LogP contribution in [0, 0.1) is 17.8 Å². The van der Waals surface area contributed by atoms with E-state index in [0.29, 0.717) is 24.4 Å². The second-order valence-electron chi connectivity index (χ2n) is 8.27. The second kappa shape index (κ2) is 6.56. The maximum absolute atomic E-state index is 12.4. The SMILES string of the molecule is C=CCNC(=O)c1ccc2c(c1)[C@@H]1[C@@H]3CC[C@H](C3)[C@@H]1[C@H](c1ccccc1)N2. The number of nitrogens with one attached hydrogen (secondary N) is 2. The molecule has 27 heavy (non-hydrogen) atoms. The third-order valence-corrected chi connectivity index (χ3v) is 6.92. The van der Waals surface area contributed by atoms with E-state index in [-0.39, 0.29) is 5.91 Å². The summed E-state index contributed by atoms with van der Waals surface area (Å²) in [7, 11) is 0. The van der Waals surface area contributed by atoms with E-state index in [1.54, 1.807) is 6.08 Å². The van der Waals surface area contributed by atoms with Gasteiger partial charge in [-0.15, -0.1) is 6.58 Å². The quantitative estimate of drug-likeness (QED) is 0.763. The molecule has 2 aromatic rings. The molecule has 1 aliphatic heterocycles. The molecular formula is C24H26N2O. The highest BCUT2D eigenvalue weighted by Gasteiger charge is 2.53. The zero-order chi connectivity index (χ0) is 18.4. The molecule has 2 saturated carbocycles. The van der Waals surface area contributed by atoms with Crippen LogP contribution in [0.4, 0.5) is 5.69 Å². The number of amides is 1. The first-order chi connectivity index (χ1) is 13.3. The number of hydrogen-bond acceptors (Lipinski definition) is 2. The molecule has 0 spiro atoms. The zero-order valence-electron chi connectivity index (χ0n) is 15.5. The summed E-state index contributed by atoms with van der Waals surface area (Å²) in [6, 6.07) is 17.4. The standard InChI is InChI=1S/C24H26N2O/c1-2-12-25-24(27)18-10-11-20-19(14-18)21-16-8-9-17(13-16)22(21)23(26-20)15-6-4-3-5-7-15/h2-7,10-11,14,16-17,21-23,26H,1,8-9,12-13H2,(H,25,27)/t16-,17-,21+,22+,23+/m1/s1. The minimum absolute atomic E-state index is 0.0115. The molecule has 0 unspecified atom stereocenters. The molecule has 2 aliphatic carbocycles. The van der Waals surface area contributed by atoms with Crippen LogP contribution >= 0.6 is 0 Å². The van der Waals surface area contributed by atoms with Gasteiger partial charge in [0.05, 0.1) is 6.04 Å². The van der Waals surface area contributed by atoms with Gasteiger partial charge in [0.1, 0.15) is 0 Å². The van der Waals surface area contributed by atoms with Crippen LogP contribution in [-0.2, 0) is 0 Å². The third-order valence-electron chi connectivity index (χ3n) is 6.92. The van der Waals surface area contributed by atoms with Crippen LogP contribution in [0.1, 0.15) is 52.7 Å². The number of anilines is 1. The van der Waals surface area contributed by atoms with E-state index in [0.717, 1.165) is 17.4 Å². The smallest absolute Gasteiger partial charge is 0.251 e. The summed E-state index contributed by atoms with van der Waals surface area (Å²) in [6.07, 6.45) is 5.74. The number of rotatable bonds is 4. The van der Waals surface area contributed by atoms with E-state index in [9.17, 15) is 4.79 Å². The van der Waals surface area contributed by atoms with Gasteiger partial charge in [0, 0.05) is 17.8 Å². The average Bonchev–Trinajstić information content (AvgIpc) is 3.34. The fourth-order valence-corrected chi connectivity index (χ4v) is 5.88. The van der Waals surface area contributed by atoms with E-state index < -0.39 is 0 Å². The van der Waals surface area contributed by atoms with Crippen molar-refractivity contribution in [2.24, 2.45) is 17.8 Å². The molecule has 2 N–H and O–H groups in total. The molecule has 3 aliphatic rings. The Hall–Kier alpha value is -2.55. The van der Waals surface area contributed by atoms with Crippen LogP contribution in [0.2, 0.25) is 0 Å². The Morgan fingerprint density at radius 3 is 2.78 bits per heavy atom. The molecular weight excluding hydrogens is 332 g/mol. The topological polar surface area (TPSA) is 41.1 Å². The van der Waals surface area contributed by atoms with Crippen molar-refractivity contribution in [3.05, 3.63) is 77.9 Å². The Bertz CT molecular complexity index is 875. The highest BCUT2D eigenvalue weighted by molar-refractivity contribution is 5.95. The molecule has 2 aromatic carbocycles. The van der Waals surface area contributed by atoms with Crippen LogP contribution in [0.25, 0.3) is 0 Å². The molecule has 5 rings (SSSR count). The van der Waals surface area contributed by atoms with E-state index in [4.69, 9.17) is 0 Å². The van der Waals surface area contributed by atoms with Crippen molar-refractivity contribution in [1.29, 1.82) is 0 Å². The first kappa shape index (κ1) is 16.6. The van der Waals surface area contributed by atoms with Crippen LogP contribution < -0.4 is 10.6 Å². The molecule has 0 radical (unpaired) electrons. The molecule has 2 fully saturated rings. The van der Waals surface area contributed by atoms with Gasteiger partial charge in [-0.3, -0.25) is 4.79 Å². The van der Waals surface area contributed by atoms with Crippen molar-refractivity contribution in [1.82, 2.24) is 5.32 Å². The first-order valence-electron chi connectivity index (χ1n) is 10.1. The molecule has 3 heteroatoms. The van der Waals surface area contributed by atoms with Crippen molar-refractivity contribution in [3.8, 4) is 0 Å². The predicted octanol–water partition coefficient (Wildman–Crippen LogP) is 4.90. The Kier molecular flexibility index (Phi) is 4.04. The van der Waals surface area contributed by atoms with Gasteiger partial charge in [0.15, 0.2) is 0 Å². The number of carbonyl (C=O) groups is 1. The van der Waals surface area contributed by atoms with Crippen LogP contribution in [0.3, 0.4) is 0 Å². The lowest BCUT2D eigenvalue weighted by Gasteiger charge is -2.43.